The zero-order chi connectivity index (χ0) is 13.7. The highest BCUT2D eigenvalue weighted by molar-refractivity contribution is 5.15. The normalized spacial score (nSPS) is 18.7. The molecule has 0 aliphatic heterocycles. The molecule has 3 nitrogen and oxygen atoms in total. The number of hydrogen-bond acceptors (Lipinski definition) is 2. The Kier molecular flexibility index (Phi) is 5.44. The van der Waals surface area contributed by atoms with Crippen LogP contribution >= 0.6 is 0 Å². The van der Waals surface area contributed by atoms with E-state index in [0.29, 0.717) is 6.04 Å². The Balaban J connectivity index is 2.17. The number of hydrogen-bond donors (Lipinski definition) is 1. The van der Waals surface area contributed by atoms with Gasteiger partial charge in [-0.3, -0.25) is 4.68 Å². The summed E-state index contributed by atoms with van der Waals surface area (Å²) in [5.41, 5.74) is 2.61. The lowest BCUT2D eigenvalue weighted by atomic mass is 9.82. The van der Waals surface area contributed by atoms with Crippen LogP contribution in [0.25, 0.3) is 0 Å². The molecule has 0 spiro atoms. The predicted molar refractivity (Wildman–Crippen MR) is 80.2 cm³/mol. The Hall–Kier alpha value is -0.830. The monoisotopic (exact) mass is 263 g/mol. The van der Waals surface area contributed by atoms with Crippen LogP contribution in [0.5, 0.6) is 0 Å². The van der Waals surface area contributed by atoms with Crippen LogP contribution in [0.4, 0.5) is 0 Å². The van der Waals surface area contributed by atoms with Crippen molar-refractivity contribution < 1.29 is 0 Å². The Labute approximate surface area is 117 Å². The lowest BCUT2D eigenvalue weighted by molar-refractivity contribution is 0.263. The molecule has 1 heterocycles. The molecule has 1 unspecified atom stereocenters. The molecule has 1 atom stereocenters. The highest BCUT2D eigenvalue weighted by Gasteiger charge is 2.27. The number of nitrogens with zero attached hydrogens (tertiary/aromatic N) is 2. The molecule has 1 aliphatic rings. The van der Waals surface area contributed by atoms with Crippen LogP contribution in [0, 0.1) is 5.92 Å². The molecule has 19 heavy (non-hydrogen) atoms. The Morgan fingerprint density at radius 3 is 2.63 bits per heavy atom. The maximum Gasteiger partial charge on any atom is 0.0625 e. The highest BCUT2D eigenvalue weighted by Crippen LogP contribution is 2.34. The van der Waals surface area contributed by atoms with Crippen molar-refractivity contribution in [3.63, 3.8) is 0 Å². The van der Waals surface area contributed by atoms with E-state index < -0.39 is 0 Å². The Morgan fingerprint density at radius 1 is 1.32 bits per heavy atom. The maximum absolute atomic E-state index is 4.63. The SMILES string of the molecule is CCCNC(c1cc(CC)nn1C)C1CCCCC1. The van der Waals surface area contributed by atoms with Crippen molar-refractivity contribution in [2.24, 2.45) is 13.0 Å². The number of nitrogens with one attached hydrogen (secondary N) is 1. The van der Waals surface area contributed by atoms with Crippen molar-refractivity contribution in [2.45, 2.75) is 64.8 Å². The van der Waals surface area contributed by atoms with Crippen molar-refractivity contribution in [3.05, 3.63) is 17.5 Å². The molecule has 1 aromatic rings. The summed E-state index contributed by atoms with van der Waals surface area (Å²) in [6.45, 7) is 5.53. The van der Waals surface area contributed by atoms with Crippen molar-refractivity contribution in [2.75, 3.05) is 6.54 Å². The third-order valence-corrected chi connectivity index (χ3v) is 4.38. The molecular formula is C16H29N3. The van der Waals surface area contributed by atoms with Crippen LogP contribution < -0.4 is 5.32 Å². The molecule has 2 rings (SSSR count). The molecule has 3 heteroatoms. The van der Waals surface area contributed by atoms with E-state index in [-0.39, 0.29) is 0 Å². The Bertz CT molecular complexity index is 377. The van der Waals surface area contributed by atoms with Crippen molar-refractivity contribution in [3.8, 4) is 0 Å². The van der Waals surface area contributed by atoms with Gasteiger partial charge >= 0.3 is 0 Å². The van der Waals surface area contributed by atoms with Gasteiger partial charge in [0.25, 0.3) is 0 Å². The summed E-state index contributed by atoms with van der Waals surface area (Å²) in [6, 6.07) is 2.81. The van der Waals surface area contributed by atoms with Gasteiger partial charge in [-0.25, -0.2) is 0 Å². The summed E-state index contributed by atoms with van der Waals surface area (Å²) < 4.78 is 2.10. The smallest absolute Gasteiger partial charge is 0.0625 e. The zero-order valence-electron chi connectivity index (χ0n) is 12.8. The van der Waals surface area contributed by atoms with Gasteiger partial charge in [-0.1, -0.05) is 33.1 Å². The van der Waals surface area contributed by atoms with Crippen LogP contribution in [0.1, 0.15) is 69.8 Å². The number of aromatic nitrogens is 2. The van der Waals surface area contributed by atoms with Gasteiger partial charge in [0.1, 0.15) is 0 Å². The summed E-state index contributed by atoms with van der Waals surface area (Å²) in [6.07, 6.45) is 9.17. The minimum Gasteiger partial charge on any atom is -0.308 e. The summed E-state index contributed by atoms with van der Waals surface area (Å²) in [4.78, 5) is 0. The fourth-order valence-electron chi connectivity index (χ4n) is 3.29. The molecule has 108 valence electrons. The fourth-order valence-corrected chi connectivity index (χ4v) is 3.29. The van der Waals surface area contributed by atoms with Crippen LogP contribution in [0.15, 0.2) is 6.07 Å². The standard InChI is InChI=1S/C16H29N3/c1-4-11-17-16(13-9-7-6-8-10-13)15-12-14(5-2)18-19(15)3/h12-13,16-17H,4-11H2,1-3H3. The first-order chi connectivity index (χ1) is 9.26. The molecule has 0 radical (unpaired) electrons. The first kappa shape index (κ1) is 14.6. The van der Waals surface area contributed by atoms with E-state index >= 15 is 0 Å². The molecule has 0 bridgehead atoms. The van der Waals surface area contributed by atoms with Gasteiger partial charge in [-0.2, -0.15) is 5.10 Å². The van der Waals surface area contributed by atoms with Gasteiger partial charge in [0, 0.05) is 7.05 Å². The molecule has 1 aliphatic carbocycles. The maximum atomic E-state index is 4.63. The first-order valence-corrected chi connectivity index (χ1v) is 8.02. The third-order valence-electron chi connectivity index (χ3n) is 4.38. The molecule has 1 saturated carbocycles. The van der Waals surface area contributed by atoms with Gasteiger partial charge in [-0.15, -0.1) is 0 Å². The zero-order valence-corrected chi connectivity index (χ0v) is 12.8. The first-order valence-electron chi connectivity index (χ1n) is 8.02. The largest absolute Gasteiger partial charge is 0.308 e. The molecule has 1 aromatic heterocycles. The highest BCUT2D eigenvalue weighted by atomic mass is 15.3. The molecule has 0 aromatic carbocycles. The van der Waals surface area contributed by atoms with Gasteiger partial charge in [-0.05, 0) is 44.2 Å². The topological polar surface area (TPSA) is 29.9 Å². The van der Waals surface area contributed by atoms with Crippen molar-refractivity contribution in [1.29, 1.82) is 0 Å². The van der Waals surface area contributed by atoms with Crippen LogP contribution in [0.3, 0.4) is 0 Å². The summed E-state index contributed by atoms with van der Waals surface area (Å²) >= 11 is 0. The minimum atomic E-state index is 0.498. The van der Waals surface area contributed by atoms with Gasteiger partial charge in [0.2, 0.25) is 0 Å². The third kappa shape index (κ3) is 3.59. The van der Waals surface area contributed by atoms with E-state index in [0.717, 1.165) is 18.9 Å². The van der Waals surface area contributed by atoms with E-state index in [2.05, 4.69) is 42.1 Å². The average molecular weight is 263 g/mol. The van der Waals surface area contributed by atoms with Crippen molar-refractivity contribution >= 4 is 0 Å². The molecule has 0 saturated heterocycles. The van der Waals surface area contributed by atoms with E-state index in [9.17, 15) is 0 Å². The predicted octanol–water partition coefficient (Wildman–Crippen LogP) is 3.60. The lowest BCUT2D eigenvalue weighted by Crippen LogP contribution is -2.31. The number of rotatable bonds is 6. The fraction of sp³-hybridized carbons (Fsp3) is 0.812. The molecule has 0 amide bonds. The molecule has 1 fully saturated rings. The minimum absolute atomic E-state index is 0.498. The van der Waals surface area contributed by atoms with Crippen molar-refractivity contribution in [1.82, 2.24) is 15.1 Å². The summed E-state index contributed by atoms with van der Waals surface area (Å²) in [7, 11) is 2.10. The second-order valence-electron chi connectivity index (χ2n) is 5.87. The molecular weight excluding hydrogens is 234 g/mol. The second kappa shape index (κ2) is 7.09. The van der Waals surface area contributed by atoms with Gasteiger partial charge in [0.15, 0.2) is 0 Å². The summed E-state index contributed by atoms with van der Waals surface area (Å²) in [5.74, 6) is 0.792. The van der Waals surface area contributed by atoms with Crippen LogP contribution in [-0.2, 0) is 13.5 Å². The van der Waals surface area contributed by atoms with E-state index in [1.54, 1.807) is 0 Å². The molecule has 1 N–H and O–H groups in total. The van der Waals surface area contributed by atoms with Gasteiger partial charge < -0.3 is 5.32 Å². The quantitative estimate of drug-likeness (QED) is 0.850. The second-order valence-corrected chi connectivity index (χ2v) is 5.87. The van der Waals surface area contributed by atoms with Gasteiger partial charge in [0.05, 0.1) is 17.4 Å². The lowest BCUT2D eigenvalue weighted by Gasteiger charge is -2.31. The summed E-state index contributed by atoms with van der Waals surface area (Å²) in [5, 5.41) is 8.40. The van der Waals surface area contributed by atoms with Crippen LogP contribution in [-0.4, -0.2) is 16.3 Å². The van der Waals surface area contributed by atoms with E-state index in [1.165, 1.54) is 49.9 Å². The average Bonchev–Trinajstić information content (AvgIpc) is 2.82. The van der Waals surface area contributed by atoms with E-state index in [1.807, 2.05) is 0 Å². The number of aryl methyl sites for hydroxylation is 2. The van der Waals surface area contributed by atoms with E-state index in [4.69, 9.17) is 0 Å². The Morgan fingerprint density at radius 2 is 2.05 bits per heavy atom. The van der Waals surface area contributed by atoms with Crippen LogP contribution in [0.2, 0.25) is 0 Å².